The van der Waals surface area contributed by atoms with Gasteiger partial charge in [-0.1, -0.05) is 0 Å². The molecule has 0 atom stereocenters. The molecule has 1 aromatic rings. The van der Waals surface area contributed by atoms with E-state index in [1.807, 2.05) is 18.7 Å². The van der Waals surface area contributed by atoms with Gasteiger partial charge in [0, 0.05) is 39.8 Å². The van der Waals surface area contributed by atoms with Crippen LogP contribution in [0, 0.1) is 6.92 Å². The number of hydrogen-bond donors (Lipinski definition) is 1. The van der Waals surface area contributed by atoms with E-state index in [2.05, 4.69) is 15.3 Å². The molecule has 0 aromatic carbocycles. The third kappa shape index (κ3) is 2.20. The van der Waals surface area contributed by atoms with Crippen LogP contribution >= 0.6 is 0 Å². The third-order valence-electron chi connectivity index (χ3n) is 3.07. The Hall–Kier alpha value is -1.07. The average molecular weight is 224 g/mol. The highest BCUT2D eigenvalue weighted by molar-refractivity contribution is 5.30. The van der Waals surface area contributed by atoms with E-state index in [1.165, 1.54) is 5.56 Å². The normalized spacial score (nSPS) is 17.7. The first-order chi connectivity index (χ1) is 7.72. The molecule has 0 aliphatic carbocycles. The summed E-state index contributed by atoms with van der Waals surface area (Å²) in [6.07, 6.45) is 0. The Kier molecular flexibility index (Phi) is 3.46. The van der Waals surface area contributed by atoms with E-state index < -0.39 is 0 Å². The number of rotatable bonds is 3. The van der Waals surface area contributed by atoms with Gasteiger partial charge in [-0.15, -0.1) is 0 Å². The SMILES string of the molecule is COc1c(CN2CCNCC2)c(C)nn1C. The monoisotopic (exact) mass is 224 g/mol. The van der Waals surface area contributed by atoms with Crippen molar-refractivity contribution >= 4 is 0 Å². The molecule has 1 aromatic heterocycles. The van der Waals surface area contributed by atoms with Crippen molar-refractivity contribution in [2.45, 2.75) is 13.5 Å². The second-order valence-electron chi connectivity index (χ2n) is 4.22. The zero-order chi connectivity index (χ0) is 11.5. The maximum absolute atomic E-state index is 5.40. The first-order valence-electron chi connectivity index (χ1n) is 5.72. The molecule has 90 valence electrons. The summed E-state index contributed by atoms with van der Waals surface area (Å²) < 4.78 is 7.21. The minimum Gasteiger partial charge on any atom is -0.481 e. The maximum atomic E-state index is 5.40. The number of ether oxygens (including phenoxy) is 1. The number of nitrogens with zero attached hydrogens (tertiary/aromatic N) is 3. The number of nitrogens with one attached hydrogen (secondary N) is 1. The number of aryl methyl sites for hydroxylation is 2. The first-order valence-corrected chi connectivity index (χ1v) is 5.72. The van der Waals surface area contributed by atoms with Gasteiger partial charge in [0.2, 0.25) is 5.88 Å². The predicted molar refractivity (Wildman–Crippen MR) is 62.6 cm³/mol. The average Bonchev–Trinajstić information content (AvgIpc) is 2.55. The standard InChI is InChI=1S/C11H20N4O/c1-9-10(11(16-3)14(2)13-9)8-15-6-4-12-5-7-15/h12H,4-8H2,1-3H3. The van der Waals surface area contributed by atoms with Gasteiger partial charge in [0.05, 0.1) is 18.4 Å². The van der Waals surface area contributed by atoms with Crippen molar-refractivity contribution in [1.82, 2.24) is 20.0 Å². The van der Waals surface area contributed by atoms with Gasteiger partial charge in [0.15, 0.2) is 0 Å². The van der Waals surface area contributed by atoms with Crippen LogP contribution in [0.5, 0.6) is 5.88 Å². The Morgan fingerprint density at radius 1 is 1.38 bits per heavy atom. The van der Waals surface area contributed by atoms with Crippen LogP contribution in [0.1, 0.15) is 11.3 Å². The molecule has 1 fully saturated rings. The van der Waals surface area contributed by atoms with Gasteiger partial charge in [0.1, 0.15) is 0 Å². The molecule has 0 saturated carbocycles. The fourth-order valence-electron chi connectivity index (χ4n) is 2.21. The molecule has 0 radical (unpaired) electrons. The van der Waals surface area contributed by atoms with E-state index in [0.29, 0.717) is 0 Å². The maximum Gasteiger partial charge on any atom is 0.216 e. The van der Waals surface area contributed by atoms with Crippen LogP contribution in [0.2, 0.25) is 0 Å². The molecule has 1 saturated heterocycles. The van der Waals surface area contributed by atoms with Crippen molar-refractivity contribution in [2.75, 3.05) is 33.3 Å². The minimum atomic E-state index is 0.885. The summed E-state index contributed by atoms with van der Waals surface area (Å²) in [5.74, 6) is 0.885. The van der Waals surface area contributed by atoms with Gasteiger partial charge in [-0.05, 0) is 6.92 Å². The molecule has 0 unspecified atom stereocenters. The molecule has 0 spiro atoms. The van der Waals surface area contributed by atoms with Gasteiger partial charge >= 0.3 is 0 Å². The summed E-state index contributed by atoms with van der Waals surface area (Å²) in [5.41, 5.74) is 2.28. The summed E-state index contributed by atoms with van der Waals surface area (Å²) in [5, 5.41) is 7.75. The largest absolute Gasteiger partial charge is 0.481 e. The zero-order valence-electron chi connectivity index (χ0n) is 10.3. The van der Waals surface area contributed by atoms with Crippen LogP contribution in [-0.2, 0) is 13.6 Å². The van der Waals surface area contributed by atoms with Crippen LogP contribution in [0.4, 0.5) is 0 Å². The summed E-state index contributed by atoms with van der Waals surface area (Å²) in [6, 6.07) is 0. The summed E-state index contributed by atoms with van der Waals surface area (Å²) in [4.78, 5) is 2.43. The van der Waals surface area contributed by atoms with Crippen LogP contribution in [0.3, 0.4) is 0 Å². The molecule has 1 aliphatic rings. The smallest absolute Gasteiger partial charge is 0.216 e. The Morgan fingerprint density at radius 2 is 2.06 bits per heavy atom. The topological polar surface area (TPSA) is 42.3 Å². The fraction of sp³-hybridized carbons (Fsp3) is 0.727. The summed E-state index contributed by atoms with van der Waals surface area (Å²) in [6.45, 7) is 7.31. The highest BCUT2D eigenvalue weighted by atomic mass is 16.5. The molecule has 0 bridgehead atoms. The molecule has 0 amide bonds. The molecular weight excluding hydrogens is 204 g/mol. The van der Waals surface area contributed by atoms with E-state index in [1.54, 1.807) is 7.11 Å². The highest BCUT2D eigenvalue weighted by Gasteiger charge is 2.18. The quantitative estimate of drug-likeness (QED) is 0.793. The van der Waals surface area contributed by atoms with Crippen molar-refractivity contribution in [3.8, 4) is 5.88 Å². The lowest BCUT2D eigenvalue weighted by molar-refractivity contribution is 0.229. The Bertz CT molecular complexity index is 355. The van der Waals surface area contributed by atoms with E-state index in [9.17, 15) is 0 Å². The van der Waals surface area contributed by atoms with Crippen LogP contribution < -0.4 is 10.1 Å². The van der Waals surface area contributed by atoms with Crippen molar-refractivity contribution in [3.63, 3.8) is 0 Å². The second kappa shape index (κ2) is 4.84. The van der Waals surface area contributed by atoms with Gasteiger partial charge in [0.25, 0.3) is 0 Å². The van der Waals surface area contributed by atoms with Crippen molar-refractivity contribution < 1.29 is 4.74 Å². The van der Waals surface area contributed by atoms with Crippen molar-refractivity contribution in [1.29, 1.82) is 0 Å². The van der Waals surface area contributed by atoms with Gasteiger partial charge in [-0.3, -0.25) is 4.90 Å². The number of hydrogen-bond acceptors (Lipinski definition) is 4. The molecule has 5 nitrogen and oxygen atoms in total. The second-order valence-corrected chi connectivity index (χ2v) is 4.22. The fourth-order valence-corrected chi connectivity index (χ4v) is 2.21. The lowest BCUT2D eigenvalue weighted by Gasteiger charge is -2.27. The zero-order valence-corrected chi connectivity index (χ0v) is 10.3. The lowest BCUT2D eigenvalue weighted by Crippen LogP contribution is -2.43. The van der Waals surface area contributed by atoms with E-state index in [0.717, 1.165) is 44.3 Å². The van der Waals surface area contributed by atoms with Crippen LogP contribution in [0.25, 0.3) is 0 Å². The van der Waals surface area contributed by atoms with Crippen LogP contribution in [-0.4, -0.2) is 48.0 Å². The molecule has 5 heteroatoms. The highest BCUT2D eigenvalue weighted by Crippen LogP contribution is 2.22. The molecule has 2 heterocycles. The van der Waals surface area contributed by atoms with Gasteiger partial charge in [-0.2, -0.15) is 5.10 Å². The van der Waals surface area contributed by atoms with Gasteiger partial charge in [-0.25, -0.2) is 4.68 Å². The minimum absolute atomic E-state index is 0.885. The summed E-state index contributed by atoms with van der Waals surface area (Å²) >= 11 is 0. The molecule has 1 N–H and O–H groups in total. The Labute approximate surface area is 96.4 Å². The van der Waals surface area contributed by atoms with E-state index >= 15 is 0 Å². The van der Waals surface area contributed by atoms with Crippen LogP contribution in [0.15, 0.2) is 0 Å². The molecule has 1 aliphatic heterocycles. The molecule has 16 heavy (non-hydrogen) atoms. The third-order valence-corrected chi connectivity index (χ3v) is 3.07. The summed E-state index contributed by atoms with van der Waals surface area (Å²) in [7, 11) is 3.63. The Morgan fingerprint density at radius 3 is 2.69 bits per heavy atom. The number of methoxy groups -OCH3 is 1. The van der Waals surface area contributed by atoms with Crippen molar-refractivity contribution in [3.05, 3.63) is 11.3 Å². The van der Waals surface area contributed by atoms with Crippen molar-refractivity contribution in [2.24, 2.45) is 7.05 Å². The number of piperazine rings is 1. The Balaban J connectivity index is 2.13. The first kappa shape index (κ1) is 11.4. The van der Waals surface area contributed by atoms with E-state index in [-0.39, 0.29) is 0 Å². The molecular formula is C11H20N4O. The van der Waals surface area contributed by atoms with Gasteiger partial charge < -0.3 is 10.1 Å². The molecule has 2 rings (SSSR count). The lowest BCUT2D eigenvalue weighted by atomic mass is 10.2. The van der Waals surface area contributed by atoms with E-state index in [4.69, 9.17) is 4.74 Å². The number of aromatic nitrogens is 2. The predicted octanol–water partition coefficient (Wildman–Crippen LogP) is 0.142.